The minimum absolute atomic E-state index is 0.130. The van der Waals surface area contributed by atoms with Gasteiger partial charge in [0, 0.05) is 11.4 Å². The van der Waals surface area contributed by atoms with Crippen molar-refractivity contribution in [1.29, 1.82) is 0 Å². The van der Waals surface area contributed by atoms with Gasteiger partial charge in [-0.05, 0) is 38.0 Å². The summed E-state index contributed by atoms with van der Waals surface area (Å²) in [6, 6.07) is 5.26. The van der Waals surface area contributed by atoms with E-state index in [-0.39, 0.29) is 5.82 Å². The molecule has 0 radical (unpaired) electrons. The molecule has 0 aliphatic rings. The molecule has 0 aliphatic carbocycles. The molecule has 0 atom stereocenters. The van der Waals surface area contributed by atoms with E-state index in [1.54, 1.807) is 0 Å². The first-order chi connectivity index (χ1) is 6.13. The van der Waals surface area contributed by atoms with Crippen LogP contribution in [-0.2, 0) is 6.54 Å². The summed E-state index contributed by atoms with van der Waals surface area (Å²) in [5, 5.41) is 0. The van der Waals surface area contributed by atoms with Crippen LogP contribution < -0.4 is 0 Å². The molecule has 3 heteroatoms. The van der Waals surface area contributed by atoms with E-state index in [0.29, 0.717) is 0 Å². The second kappa shape index (κ2) is 4.63. The molecule has 1 nitrogen and oxygen atoms in total. The Morgan fingerprint density at radius 1 is 1.38 bits per heavy atom. The molecule has 0 heterocycles. The van der Waals surface area contributed by atoms with E-state index >= 15 is 0 Å². The average molecular weight is 199 g/mol. The molecule has 0 amide bonds. The van der Waals surface area contributed by atoms with Crippen molar-refractivity contribution >= 4 is 11.8 Å². The number of hydrogen-bond acceptors (Lipinski definition) is 2. The topological polar surface area (TPSA) is 3.24 Å². The molecular weight excluding hydrogens is 185 g/mol. The van der Waals surface area contributed by atoms with Crippen LogP contribution in [0.25, 0.3) is 0 Å². The molecule has 0 aromatic heterocycles. The Bertz CT molecular complexity index is 286. The van der Waals surface area contributed by atoms with Gasteiger partial charge in [-0.25, -0.2) is 4.39 Å². The van der Waals surface area contributed by atoms with Crippen molar-refractivity contribution in [3.05, 3.63) is 29.6 Å². The molecule has 0 N–H and O–H groups in total. The van der Waals surface area contributed by atoms with Gasteiger partial charge in [0.15, 0.2) is 0 Å². The molecule has 1 aromatic rings. The molecule has 0 spiro atoms. The quantitative estimate of drug-likeness (QED) is 0.688. The standard InChI is InChI=1S/C10H14FNS/c1-12(2)7-8-4-5-9(11)10(6-8)13-3/h4-6H,7H2,1-3H3. The molecule has 1 aromatic carbocycles. The summed E-state index contributed by atoms with van der Waals surface area (Å²) in [4.78, 5) is 2.79. The number of hydrogen-bond donors (Lipinski definition) is 0. The predicted octanol–water partition coefficient (Wildman–Crippen LogP) is 2.61. The highest BCUT2D eigenvalue weighted by molar-refractivity contribution is 7.98. The number of thioether (sulfide) groups is 1. The van der Waals surface area contributed by atoms with Crippen LogP contribution in [0.5, 0.6) is 0 Å². The number of rotatable bonds is 3. The Morgan fingerprint density at radius 2 is 2.08 bits per heavy atom. The lowest BCUT2D eigenvalue weighted by molar-refractivity contribution is 0.401. The first-order valence-corrected chi connectivity index (χ1v) is 5.33. The summed E-state index contributed by atoms with van der Waals surface area (Å²) in [7, 11) is 4.00. The van der Waals surface area contributed by atoms with Gasteiger partial charge in [0.2, 0.25) is 0 Å². The van der Waals surface area contributed by atoms with E-state index in [1.807, 2.05) is 32.5 Å². The fourth-order valence-corrected chi connectivity index (χ4v) is 1.70. The largest absolute Gasteiger partial charge is 0.305 e. The Morgan fingerprint density at radius 3 is 2.62 bits per heavy atom. The lowest BCUT2D eigenvalue weighted by atomic mass is 10.2. The third-order valence-electron chi connectivity index (χ3n) is 1.71. The van der Waals surface area contributed by atoms with Crippen molar-refractivity contribution in [2.45, 2.75) is 11.4 Å². The zero-order chi connectivity index (χ0) is 9.84. The van der Waals surface area contributed by atoms with Crippen molar-refractivity contribution in [3.63, 3.8) is 0 Å². The van der Waals surface area contributed by atoms with Gasteiger partial charge in [-0.15, -0.1) is 11.8 Å². The maximum Gasteiger partial charge on any atom is 0.136 e. The van der Waals surface area contributed by atoms with E-state index in [2.05, 4.69) is 4.90 Å². The van der Waals surface area contributed by atoms with Crippen LogP contribution in [-0.4, -0.2) is 25.3 Å². The summed E-state index contributed by atoms with van der Waals surface area (Å²) < 4.78 is 13.1. The average Bonchev–Trinajstić information content (AvgIpc) is 2.07. The van der Waals surface area contributed by atoms with Gasteiger partial charge in [0.05, 0.1) is 0 Å². The molecule has 72 valence electrons. The zero-order valence-corrected chi connectivity index (χ0v) is 8.99. The summed E-state index contributed by atoms with van der Waals surface area (Å²) in [5.74, 6) is -0.130. The lowest BCUT2D eigenvalue weighted by Gasteiger charge is -2.10. The Labute approximate surface area is 82.9 Å². The first kappa shape index (κ1) is 10.5. The molecule has 0 saturated carbocycles. The van der Waals surface area contributed by atoms with Crippen molar-refractivity contribution in [2.75, 3.05) is 20.4 Å². The molecule has 0 bridgehead atoms. The summed E-state index contributed by atoms with van der Waals surface area (Å²) >= 11 is 1.44. The monoisotopic (exact) mass is 199 g/mol. The van der Waals surface area contributed by atoms with Crippen molar-refractivity contribution in [1.82, 2.24) is 4.90 Å². The van der Waals surface area contributed by atoms with E-state index in [1.165, 1.54) is 17.8 Å². The smallest absolute Gasteiger partial charge is 0.136 e. The molecule has 0 fully saturated rings. The minimum atomic E-state index is -0.130. The fourth-order valence-electron chi connectivity index (χ4n) is 1.17. The van der Waals surface area contributed by atoms with Crippen molar-refractivity contribution < 1.29 is 4.39 Å². The molecule has 0 saturated heterocycles. The first-order valence-electron chi connectivity index (χ1n) is 4.10. The molecule has 13 heavy (non-hydrogen) atoms. The van der Waals surface area contributed by atoms with E-state index in [9.17, 15) is 4.39 Å². The minimum Gasteiger partial charge on any atom is -0.305 e. The van der Waals surface area contributed by atoms with Gasteiger partial charge in [-0.2, -0.15) is 0 Å². The van der Waals surface area contributed by atoms with Crippen molar-refractivity contribution in [3.8, 4) is 0 Å². The van der Waals surface area contributed by atoms with Gasteiger partial charge in [-0.3, -0.25) is 0 Å². The lowest BCUT2D eigenvalue weighted by Crippen LogP contribution is -2.10. The van der Waals surface area contributed by atoms with Crippen LogP contribution in [0, 0.1) is 5.82 Å². The third kappa shape index (κ3) is 3.01. The van der Waals surface area contributed by atoms with Gasteiger partial charge < -0.3 is 4.90 Å². The van der Waals surface area contributed by atoms with Crippen LogP contribution in [0.3, 0.4) is 0 Å². The van der Waals surface area contributed by atoms with Crippen LogP contribution in [0.1, 0.15) is 5.56 Å². The second-order valence-electron chi connectivity index (χ2n) is 3.21. The summed E-state index contributed by atoms with van der Waals surface area (Å²) in [6.07, 6.45) is 1.89. The van der Waals surface area contributed by atoms with Crippen LogP contribution in [0.15, 0.2) is 23.1 Å². The van der Waals surface area contributed by atoms with Gasteiger partial charge >= 0.3 is 0 Å². The fraction of sp³-hybridized carbons (Fsp3) is 0.400. The second-order valence-corrected chi connectivity index (χ2v) is 4.05. The molecule has 0 aliphatic heterocycles. The zero-order valence-electron chi connectivity index (χ0n) is 8.17. The summed E-state index contributed by atoms with van der Waals surface area (Å²) in [5.41, 5.74) is 1.15. The maximum absolute atomic E-state index is 13.1. The number of benzene rings is 1. The van der Waals surface area contributed by atoms with Crippen LogP contribution in [0.4, 0.5) is 4.39 Å². The van der Waals surface area contributed by atoms with E-state index in [4.69, 9.17) is 0 Å². The van der Waals surface area contributed by atoms with Gasteiger partial charge in [0.1, 0.15) is 5.82 Å². The normalized spacial score (nSPS) is 10.8. The molecule has 0 unspecified atom stereocenters. The predicted molar refractivity (Wildman–Crippen MR) is 55.6 cm³/mol. The highest BCUT2D eigenvalue weighted by atomic mass is 32.2. The molecular formula is C10H14FNS. The third-order valence-corrected chi connectivity index (χ3v) is 2.47. The summed E-state index contributed by atoms with van der Waals surface area (Å²) in [6.45, 7) is 0.855. The molecule has 1 rings (SSSR count). The van der Waals surface area contributed by atoms with Crippen LogP contribution >= 0.6 is 11.8 Å². The van der Waals surface area contributed by atoms with E-state index < -0.39 is 0 Å². The maximum atomic E-state index is 13.1. The highest BCUT2D eigenvalue weighted by Gasteiger charge is 2.02. The highest BCUT2D eigenvalue weighted by Crippen LogP contribution is 2.20. The SMILES string of the molecule is CSc1cc(CN(C)C)ccc1F. The van der Waals surface area contributed by atoms with Gasteiger partial charge in [0.25, 0.3) is 0 Å². The number of nitrogens with zero attached hydrogens (tertiary/aromatic N) is 1. The van der Waals surface area contributed by atoms with Crippen molar-refractivity contribution in [2.24, 2.45) is 0 Å². The van der Waals surface area contributed by atoms with Gasteiger partial charge in [-0.1, -0.05) is 6.07 Å². The van der Waals surface area contributed by atoms with E-state index in [0.717, 1.165) is 17.0 Å². The Balaban J connectivity index is 2.86. The van der Waals surface area contributed by atoms with Crippen LogP contribution in [0.2, 0.25) is 0 Å². The Hall–Kier alpha value is -0.540. The number of halogens is 1. The Kier molecular flexibility index (Phi) is 3.75.